The lowest BCUT2D eigenvalue weighted by molar-refractivity contribution is -0.119. The van der Waals surface area contributed by atoms with E-state index in [0.29, 0.717) is 18.4 Å². The average molecular weight is 359 g/mol. The molecule has 3 rings (SSSR count). The second-order valence-corrected chi connectivity index (χ2v) is 6.95. The van der Waals surface area contributed by atoms with E-state index in [1.165, 1.54) is 11.8 Å². The van der Waals surface area contributed by atoms with Gasteiger partial charge in [-0.3, -0.25) is 4.79 Å². The average Bonchev–Trinajstić information content (AvgIpc) is 2.64. The number of carbonyl (C=O) groups is 1. The zero-order valence-electron chi connectivity index (χ0n) is 14.3. The van der Waals surface area contributed by atoms with Crippen LogP contribution in [0.5, 0.6) is 11.5 Å². The lowest BCUT2D eigenvalue weighted by Gasteiger charge is -2.25. The topological polar surface area (TPSA) is 73.3 Å². The van der Waals surface area contributed by atoms with Gasteiger partial charge in [-0.15, -0.1) is 0 Å². The minimum atomic E-state index is -0.0966. The van der Waals surface area contributed by atoms with Crippen LogP contribution in [0.4, 0.5) is 0 Å². The molecule has 7 heteroatoms. The lowest BCUT2D eigenvalue weighted by atomic mass is 9.95. The predicted octanol–water partition coefficient (Wildman–Crippen LogP) is 2.85. The third-order valence-electron chi connectivity index (χ3n) is 3.78. The molecule has 6 nitrogen and oxygen atoms in total. The number of thioether (sulfide) groups is 1. The van der Waals surface area contributed by atoms with Crippen molar-refractivity contribution < 1.29 is 14.3 Å². The van der Waals surface area contributed by atoms with Crippen molar-refractivity contribution >= 4 is 17.7 Å². The van der Waals surface area contributed by atoms with E-state index in [-0.39, 0.29) is 23.6 Å². The molecule has 1 amide bonds. The van der Waals surface area contributed by atoms with Crippen LogP contribution in [0.3, 0.4) is 0 Å². The van der Waals surface area contributed by atoms with E-state index in [0.717, 1.165) is 17.1 Å². The summed E-state index contributed by atoms with van der Waals surface area (Å²) in [6.45, 7) is 5.27. The molecule has 1 N–H and O–H groups in total. The van der Waals surface area contributed by atoms with Gasteiger partial charge in [-0.05, 0) is 29.7 Å². The van der Waals surface area contributed by atoms with Crippen molar-refractivity contribution in [2.75, 3.05) is 19.0 Å². The maximum atomic E-state index is 12.3. The fraction of sp³-hybridized carbons (Fsp3) is 0.389. The van der Waals surface area contributed by atoms with Gasteiger partial charge in [0.2, 0.25) is 5.91 Å². The molecule has 0 saturated carbocycles. The van der Waals surface area contributed by atoms with E-state index in [1.807, 2.05) is 18.2 Å². The second-order valence-electron chi connectivity index (χ2n) is 6.01. The molecule has 2 heterocycles. The molecule has 1 aromatic heterocycles. The molecule has 25 heavy (non-hydrogen) atoms. The Hall–Kier alpha value is -2.28. The highest BCUT2D eigenvalue weighted by Crippen LogP contribution is 2.34. The van der Waals surface area contributed by atoms with Gasteiger partial charge in [-0.25, -0.2) is 9.97 Å². The van der Waals surface area contributed by atoms with Crippen molar-refractivity contribution in [3.05, 3.63) is 42.2 Å². The van der Waals surface area contributed by atoms with Crippen LogP contribution in [0.2, 0.25) is 0 Å². The van der Waals surface area contributed by atoms with Crippen LogP contribution >= 0.6 is 11.8 Å². The molecular formula is C18H21N3O3S. The highest BCUT2D eigenvalue weighted by atomic mass is 32.2. The Morgan fingerprint density at radius 1 is 1.20 bits per heavy atom. The molecule has 132 valence electrons. The molecule has 0 aliphatic carbocycles. The number of hydrogen-bond acceptors (Lipinski definition) is 6. The van der Waals surface area contributed by atoms with Gasteiger partial charge in [0, 0.05) is 12.4 Å². The molecule has 1 aliphatic rings. The number of carbonyl (C=O) groups excluding carboxylic acids is 1. The van der Waals surface area contributed by atoms with E-state index in [1.54, 1.807) is 18.5 Å². The molecule has 1 atom stereocenters. The molecule has 2 aromatic rings. The summed E-state index contributed by atoms with van der Waals surface area (Å²) in [5.74, 6) is 1.95. The van der Waals surface area contributed by atoms with Crippen LogP contribution in [0.25, 0.3) is 0 Å². The standard InChI is InChI=1S/C18H21N3O3S/c1-12(2)17(13-4-5-14-15(10-13)24-9-8-23-14)21-16(22)11-25-18-19-6-3-7-20-18/h3-7,10,12,17H,8-9,11H2,1-2H3,(H,21,22)/t17-/m0/s1. The maximum Gasteiger partial charge on any atom is 0.230 e. The maximum absolute atomic E-state index is 12.3. The number of fused-ring (bicyclic) bond motifs is 1. The third-order valence-corrected chi connectivity index (χ3v) is 4.66. The number of benzene rings is 1. The SMILES string of the molecule is CC(C)[C@H](NC(=O)CSc1ncccn1)c1ccc2c(c1)OCCO2. The van der Waals surface area contributed by atoms with Crippen LogP contribution in [-0.2, 0) is 4.79 Å². The van der Waals surface area contributed by atoms with Crippen LogP contribution in [-0.4, -0.2) is 34.8 Å². The summed E-state index contributed by atoms with van der Waals surface area (Å²) in [4.78, 5) is 20.6. The molecule has 0 saturated heterocycles. The van der Waals surface area contributed by atoms with Gasteiger partial charge in [-0.1, -0.05) is 31.7 Å². The van der Waals surface area contributed by atoms with Crippen molar-refractivity contribution in [2.24, 2.45) is 5.92 Å². The Kier molecular flexibility index (Phi) is 5.75. The first-order chi connectivity index (χ1) is 12.1. The van der Waals surface area contributed by atoms with Crippen LogP contribution in [0.15, 0.2) is 41.8 Å². The van der Waals surface area contributed by atoms with Gasteiger partial charge in [-0.2, -0.15) is 0 Å². The van der Waals surface area contributed by atoms with Gasteiger partial charge in [0.05, 0.1) is 11.8 Å². The lowest BCUT2D eigenvalue weighted by Crippen LogP contribution is -2.33. The quantitative estimate of drug-likeness (QED) is 0.631. The molecule has 0 bridgehead atoms. The van der Waals surface area contributed by atoms with Crippen molar-refractivity contribution in [1.82, 2.24) is 15.3 Å². The zero-order chi connectivity index (χ0) is 17.6. The second kappa shape index (κ2) is 8.20. The minimum absolute atomic E-state index is 0.0500. The van der Waals surface area contributed by atoms with E-state index >= 15 is 0 Å². The highest BCUT2D eigenvalue weighted by molar-refractivity contribution is 7.99. The molecule has 0 unspecified atom stereocenters. The number of aromatic nitrogens is 2. The third kappa shape index (κ3) is 4.63. The Balaban J connectivity index is 1.65. The molecule has 1 aromatic carbocycles. The number of nitrogens with zero attached hydrogens (tertiary/aromatic N) is 2. The number of rotatable bonds is 6. The van der Waals surface area contributed by atoms with Crippen LogP contribution < -0.4 is 14.8 Å². The van der Waals surface area contributed by atoms with Crippen molar-refractivity contribution in [3.63, 3.8) is 0 Å². The molecule has 0 radical (unpaired) electrons. The number of amides is 1. The highest BCUT2D eigenvalue weighted by Gasteiger charge is 2.21. The first-order valence-corrected chi connectivity index (χ1v) is 9.21. The van der Waals surface area contributed by atoms with Gasteiger partial charge < -0.3 is 14.8 Å². The van der Waals surface area contributed by atoms with Crippen molar-refractivity contribution in [3.8, 4) is 11.5 Å². The Morgan fingerprint density at radius 2 is 1.92 bits per heavy atom. The molecule has 0 fully saturated rings. The summed E-state index contributed by atoms with van der Waals surface area (Å²) >= 11 is 1.32. The Bertz CT molecular complexity index is 725. The van der Waals surface area contributed by atoms with Crippen molar-refractivity contribution in [2.45, 2.75) is 25.0 Å². The summed E-state index contributed by atoms with van der Waals surface area (Å²) in [6.07, 6.45) is 3.33. The summed E-state index contributed by atoms with van der Waals surface area (Å²) in [6, 6.07) is 7.48. The van der Waals surface area contributed by atoms with E-state index in [4.69, 9.17) is 9.47 Å². The summed E-state index contributed by atoms with van der Waals surface area (Å²) in [5, 5.41) is 3.69. The minimum Gasteiger partial charge on any atom is -0.486 e. The number of hydrogen-bond donors (Lipinski definition) is 1. The summed E-state index contributed by atoms with van der Waals surface area (Å²) in [5.41, 5.74) is 1.01. The fourth-order valence-electron chi connectivity index (χ4n) is 2.59. The number of nitrogens with one attached hydrogen (secondary N) is 1. The van der Waals surface area contributed by atoms with Gasteiger partial charge in [0.25, 0.3) is 0 Å². The number of ether oxygens (including phenoxy) is 2. The molecule has 1 aliphatic heterocycles. The van der Waals surface area contributed by atoms with Gasteiger partial charge in [0.15, 0.2) is 16.7 Å². The van der Waals surface area contributed by atoms with Crippen LogP contribution in [0, 0.1) is 5.92 Å². The van der Waals surface area contributed by atoms with Gasteiger partial charge in [0.1, 0.15) is 13.2 Å². The smallest absolute Gasteiger partial charge is 0.230 e. The predicted molar refractivity (Wildman–Crippen MR) is 95.9 cm³/mol. The first kappa shape index (κ1) is 17.5. The largest absolute Gasteiger partial charge is 0.486 e. The normalized spacial score (nSPS) is 14.2. The Labute approximate surface area is 151 Å². The molecular weight excluding hydrogens is 338 g/mol. The zero-order valence-corrected chi connectivity index (χ0v) is 15.1. The van der Waals surface area contributed by atoms with E-state index in [2.05, 4.69) is 29.1 Å². The monoisotopic (exact) mass is 359 g/mol. The fourth-order valence-corrected chi connectivity index (χ4v) is 3.21. The summed E-state index contributed by atoms with van der Waals surface area (Å²) < 4.78 is 11.2. The van der Waals surface area contributed by atoms with Crippen LogP contribution in [0.1, 0.15) is 25.5 Å². The molecule has 0 spiro atoms. The summed E-state index contributed by atoms with van der Waals surface area (Å²) in [7, 11) is 0. The first-order valence-electron chi connectivity index (χ1n) is 8.22. The van der Waals surface area contributed by atoms with Gasteiger partial charge >= 0.3 is 0 Å². The van der Waals surface area contributed by atoms with E-state index < -0.39 is 0 Å². The Morgan fingerprint density at radius 3 is 2.64 bits per heavy atom. The van der Waals surface area contributed by atoms with Crippen molar-refractivity contribution in [1.29, 1.82) is 0 Å². The van der Waals surface area contributed by atoms with E-state index in [9.17, 15) is 4.79 Å².